The second kappa shape index (κ2) is 7.58. The molecule has 4 rings (SSSR count). The molecule has 0 saturated carbocycles. The maximum Gasteiger partial charge on any atom is 0.222 e. The van der Waals surface area contributed by atoms with Crippen LogP contribution in [0.5, 0.6) is 0 Å². The maximum atomic E-state index is 12.3. The molecule has 2 fully saturated rings. The lowest BCUT2D eigenvalue weighted by Gasteiger charge is -2.70. The zero-order chi connectivity index (χ0) is 21.5. The highest BCUT2D eigenvalue weighted by molar-refractivity contribution is 5.81. The van der Waals surface area contributed by atoms with Crippen LogP contribution in [-0.4, -0.2) is 58.0 Å². The van der Waals surface area contributed by atoms with E-state index in [0.29, 0.717) is 25.1 Å². The minimum atomic E-state index is -0.431. The Labute approximate surface area is 176 Å². The lowest BCUT2D eigenvalue weighted by atomic mass is 9.60. The van der Waals surface area contributed by atoms with Crippen LogP contribution in [0.2, 0.25) is 0 Å². The number of nitrogens with zero attached hydrogens (tertiary/aromatic N) is 3. The van der Waals surface area contributed by atoms with E-state index >= 15 is 0 Å². The Kier molecular flexibility index (Phi) is 5.08. The Morgan fingerprint density at radius 2 is 1.67 bits per heavy atom. The minimum Gasteiger partial charge on any atom is -0.394 e. The summed E-state index contributed by atoms with van der Waals surface area (Å²) >= 11 is 0. The second-order valence-electron chi connectivity index (χ2n) is 8.13. The van der Waals surface area contributed by atoms with E-state index < -0.39 is 5.54 Å². The van der Waals surface area contributed by atoms with Crippen molar-refractivity contribution in [3.63, 3.8) is 0 Å². The van der Waals surface area contributed by atoms with E-state index in [-0.39, 0.29) is 30.4 Å². The molecule has 2 aromatic rings. The lowest BCUT2D eigenvalue weighted by Crippen LogP contribution is -2.85. The fourth-order valence-corrected chi connectivity index (χ4v) is 5.16. The third-order valence-corrected chi connectivity index (χ3v) is 6.50. The van der Waals surface area contributed by atoms with Crippen molar-refractivity contribution in [3.05, 3.63) is 59.7 Å². The van der Waals surface area contributed by atoms with Crippen molar-refractivity contribution < 1.29 is 14.7 Å². The predicted molar refractivity (Wildman–Crippen MR) is 112 cm³/mol. The van der Waals surface area contributed by atoms with Gasteiger partial charge in [-0.05, 0) is 28.8 Å². The SMILES string of the molecule is CCC(=O)N1CC2(C1)[C@@H](c1ccc(-c3ccc(C#N)cc3)cc1)[C@H](CO)N2C(C)=O. The molecule has 1 N–H and O–H groups in total. The van der Waals surface area contributed by atoms with Crippen molar-refractivity contribution in [1.29, 1.82) is 5.26 Å². The van der Waals surface area contributed by atoms with E-state index in [4.69, 9.17) is 5.26 Å². The highest BCUT2D eigenvalue weighted by Gasteiger charge is 2.67. The Morgan fingerprint density at radius 3 is 2.13 bits per heavy atom. The normalized spacial score (nSPS) is 21.5. The molecular weight excluding hydrogens is 378 g/mol. The van der Waals surface area contributed by atoms with E-state index in [1.165, 1.54) is 6.92 Å². The van der Waals surface area contributed by atoms with Gasteiger partial charge in [-0.3, -0.25) is 9.59 Å². The molecule has 0 aliphatic carbocycles. The molecule has 1 spiro atoms. The van der Waals surface area contributed by atoms with Gasteiger partial charge < -0.3 is 14.9 Å². The van der Waals surface area contributed by atoms with Crippen molar-refractivity contribution in [1.82, 2.24) is 9.80 Å². The zero-order valence-electron chi connectivity index (χ0n) is 17.2. The zero-order valence-corrected chi connectivity index (χ0v) is 17.2. The molecule has 0 bridgehead atoms. The average Bonchev–Trinajstić information content (AvgIpc) is 2.72. The average molecular weight is 403 g/mol. The topological polar surface area (TPSA) is 84.6 Å². The van der Waals surface area contributed by atoms with Gasteiger partial charge in [-0.25, -0.2) is 0 Å². The van der Waals surface area contributed by atoms with Gasteiger partial charge in [0.2, 0.25) is 11.8 Å². The number of carbonyl (C=O) groups excluding carboxylic acids is 2. The maximum absolute atomic E-state index is 12.3. The van der Waals surface area contributed by atoms with Crippen LogP contribution < -0.4 is 0 Å². The number of hydrogen-bond acceptors (Lipinski definition) is 4. The number of likely N-dealkylation sites (tertiary alicyclic amines) is 2. The van der Waals surface area contributed by atoms with Gasteiger partial charge in [-0.1, -0.05) is 43.3 Å². The molecule has 30 heavy (non-hydrogen) atoms. The first-order valence-electron chi connectivity index (χ1n) is 10.2. The number of amides is 2. The molecule has 6 nitrogen and oxygen atoms in total. The molecule has 0 radical (unpaired) electrons. The van der Waals surface area contributed by atoms with E-state index in [1.807, 2.05) is 43.3 Å². The van der Waals surface area contributed by atoms with Gasteiger partial charge in [0.15, 0.2) is 0 Å². The third-order valence-electron chi connectivity index (χ3n) is 6.50. The summed E-state index contributed by atoms with van der Waals surface area (Å²) in [4.78, 5) is 28.0. The molecule has 0 unspecified atom stereocenters. The minimum absolute atomic E-state index is 0.0117. The van der Waals surface area contributed by atoms with Gasteiger partial charge in [-0.15, -0.1) is 0 Å². The van der Waals surface area contributed by atoms with Crippen LogP contribution >= 0.6 is 0 Å². The second-order valence-corrected chi connectivity index (χ2v) is 8.13. The standard InChI is InChI=1S/C24H25N3O3/c1-3-22(30)26-14-24(15-26)23(21(13-28)27(24)16(2)29)20-10-8-19(9-11-20)18-6-4-17(12-25)5-7-18/h4-11,21,23,28H,3,13-15H2,1-2H3/t21-,23-/m0/s1. The first-order chi connectivity index (χ1) is 14.4. The predicted octanol–water partition coefficient (Wildman–Crippen LogP) is 2.52. The Morgan fingerprint density at radius 1 is 1.10 bits per heavy atom. The third kappa shape index (κ3) is 2.98. The molecule has 0 aromatic heterocycles. The van der Waals surface area contributed by atoms with E-state index in [9.17, 15) is 14.7 Å². The van der Waals surface area contributed by atoms with E-state index in [1.54, 1.807) is 21.9 Å². The fraction of sp³-hybridized carbons (Fsp3) is 0.375. The van der Waals surface area contributed by atoms with Gasteiger partial charge in [0.1, 0.15) is 0 Å². The Balaban J connectivity index is 1.61. The summed E-state index contributed by atoms with van der Waals surface area (Å²) < 4.78 is 0. The number of carbonyl (C=O) groups is 2. The fourth-order valence-electron chi connectivity index (χ4n) is 5.16. The highest BCUT2D eigenvalue weighted by atomic mass is 16.3. The molecule has 2 aliphatic rings. The van der Waals surface area contributed by atoms with Crippen LogP contribution in [0.3, 0.4) is 0 Å². The summed E-state index contributed by atoms with van der Waals surface area (Å²) in [5, 5.41) is 19.0. The molecule has 2 heterocycles. The quantitative estimate of drug-likeness (QED) is 0.850. The number of rotatable bonds is 4. The summed E-state index contributed by atoms with van der Waals surface area (Å²) in [6.45, 7) is 4.28. The molecule has 2 amide bonds. The van der Waals surface area contributed by atoms with E-state index in [0.717, 1.165) is 16.7 Å². The van der Waals surface area contributed by atoms with Gasteiger partial charge in [0, 0.05) is 32.4 Å². The van der Waals surface area contributed by atoms with Gasteiger partial charge in [0.25, 0.3) is 0 Å². The molecule has 2 saturated heterocycles. The largest absolute Gasteiger partial charge is 0.394 e. The number of aliphatic hydroxyl groups is 1. The molecule has 6 heteroatoms. The van der Waals surface area contributed by atoms with Crippen LogP contribution in [0.15, 0.2) is 48.5 Å². The van der Waals surface area contributed by atoms with Crippen molar-refractivity contribution in [2.45, 2.75) is 37.8 Å². The number of benzene rings is 2. The summed E-state index contributed by atoms with van der Waals surface area (Å²) in [5.41, 5.74) is 3.32. The van der Waals surface area contributed by atoms with Crippen molar-refractivity contribution in [2.24, 2.45) is 0 Å². The van der Waals surface area contributed by atoms with Crippen LogP contribution in [0, 0.1) is 11.3 Å². The van der Waals surface area contributed by atoms with Crippen LogP contribution in [0.1, 0.15) is 37.3 Å². The molecule has 2 atom stereocenters. The van der Waals surface area contributed by atoms with Gasteiger partial charge >= 0.3 is 0 Å². The van der Waals surface area contributed by atoms with Crippen LogP contribution in [-0.2, 0) is 9.59 Å². The molecule has 2 aromatic carbocycles. The van der Waals surface area contributed by atoms with Crippen molar-refractivity contribution >= 4 is 11.8 Å². The van der Waals surface area contributed by atoms with Crippen LogP contribution in [0.4, 0.5) is 0 Å². The number of nitriles is 1. The first kappa shape index (κ1) is 20.1. The Bertz CT molecular complexity index is 1000. The van der Waals surface area contributed by atoms with Gasteiger partial charge in [-0.2, -0.15) is 5.26 Å². The van der Waals surface area contributed by atoms with Crippen LogP contribution in [0.25, 0.3) is 11.1 Å². The van der Waals surface area contributed by atoms with Crippen molar-refractivity contribution in [2.75, 3.05) is 19.7 Å². The number of aliphatic hydroxyl groups excluding tert-OH is 1. The summed E-state index contributed by atoms with van der Waals surface area (Å²) in [7, 11) is 0. The number of hydrogen-bond donors (Lipinski definition) is 1. The summed E-state index contributed by atoms with van der Waals surface area (Å²) in [6.07, 6.45) is 0.448. The summed E-state index contributed by atoms with van der Waals surface area (Å²) in [6, 6.07) is 17.4. The summed E-state index contributed by atoms with van der Waals surface area (Å²) in [5.74, 6) is 0.0110. The van der Waals surface area contributed by atoms with E-state index in [2.05, 4.69) is 6.07 Å². The van der Waals surface area contributed by atoms with Crippen molar-refractivity contribution in [3.8, 4) is 17.2 Å². The molecular formula is C24H25N3O3. The molecule has 154 valence electrons. The molecule has 2 aliphatic heterocycles. The highest BCUT2D eigenvalue weighted by Crippen LogP contribution is 2.54. The smallest absolute Gasteiger partial charge is 0.222 e. The lowest BCUT2D eigenvalue weighted by molar-refractivity contribution is -0.201. The van der Waals surface area contributed by atoms with Gasteiger partial charge in [0.05, 0.1) is 29.8 Å². The Hall–Kier alpha value is -3.17. The first-order valence-corrected chi connectivity index (χ1v) is 10.2. The monoisotopic (exact) mass is 403 g/mol.